The molecule has 0 spiro atoms. The van der Waals surface area contributed by atoms with Crippen LogP contribution in [0.15, 0.2) is 79.3 Å². The van der Waals surface area contributed by atoms with Crippen molar-refractivity contribution < 1.29 is 24.6 Å². The fourth-order valence-electron chi connectivity index (χ4n) is 3.82. The second kappa shape index (κ2) is 11.6. The fourth-order valence-corrected chi connectivity index (χ4v) is 3.82. The molecule has 35 heavy (non-hydrogen) atoms. The summed E-state index contributed by atoms with van der Waals surface area (Å²) in [5.74, 6) is -2.33. The maximum atomic E-state index is 12.9. The Balaban J connectivity index is 0.000000371. The predicted octanol–water partition coefficient (Wildman–Crippen LogP) is 4.26. The molecular weight excluding hydrogens is 446 g/mol. The Hall–Kier alpha value is -4.46. The zero-order valence-electron chi connectivity index (χ0n) is 19.6. The molecule has 0 amide bonds. The van der Waals surface area contributed by atoms with Crippen LogP contribution < -0.4 is 0 Å². The van der Waals surface area contributed by atoms with Gasteiger partial charge in [0.1, 0.15) is 0 Å². The summed E-state index contributed by atoms with van der Waals surface area (Å²) in [5.41, 5.74) is 5.26. The number of ketones is 1. The van der Waals surface area contributed by atoms with Crippen LogP contribution >= 0.6 is 0 Å². The topological polar surface area (TPSA) is 114 Å². The Bertz CT molecular complexity index is 1350. The average molecular weight is 474 g/mol. The third-order valence-electron chi connectivity index (χ3n) is 5.51. The summed E-state index contributed by atoms with van der Waals surface area (Å²) in [6, 6.07) is 18.4. The normalized spacial score (nSPS) is 10.8. The Morgan fingerprint density at radius 1 is 0.943 bits per heavy atom. The van der Waals surface area contributed by atoms with Crippen LogP contribution in [0.4, 0.5) is 0 Å². The number of carboxylic acid groups (broad SMARTS) is 2. The molecule has 2 aromatic carbocycles. The molecule has 0 aliphatic heterocycles. The molecule has 0 saturated carbocycles. The van der Waals surface area contributed by atoms with Crippen LogP contribution in [0.25, 0.3) is 10.9 Å². The van der Waals surface area contributed by atoms with E-state index in [-0.39, 0.29) is 5.78 Å². The number of carbonyl (C=O) groups is 3. The lowest BCUT2D eigenvalue weighted by atomic mass is 10.0. The van der Waals surface area contributed by atoms with Gasteiger partial charge in [-0.3, -0.25) is 4.79 Å². The van der Waals surface area contributed by atoms with Gasteiger partial charge in [-0.15, -0.1) is 0 Å². The van der Waals surface area contributed by atoms with Gasteiger partial charge < -0.3 is 19.3 Å². The number of hydrogen-bond donors (Lipinski definition) is 2. The van der Waals surface area contributed by atoms with Crippen molar-refractivity contribution in [1.82, 2.24) is 14.1 Å². The summed E-state index contributed by atoms with van der Waals surface area (Å²) < 4.78 is 4.18. The maximum absolute atomic E-state index is 12.9. The average Bonchev–Trinajstić information content (AvgIpc) is 3.36. The number of nitrogens with zero attached hydrogens (tertiary/aromatic N) is 3. The van der Waals surface area contributed by atoms with Crippen molar-refractivity contribution in [2.75, 3.05) is 0 Å². The highest BCUT2D eigenvalue weighted by Gasteiger charge is 2.16. The molecule has 0 fully saturated rings. The monoisotopic (exact) mass is 473 g/mol. The van der Waals surface area contributed by atoms with E-state index in [1.807, 2.05) is 73.5 Å². The number of carboxylic acids is 2. The van der Waals surface area contributed by atoms with E-state index in [1.165, 1.54) is 5.56 Å². The largest absolute Gasteiger partial charge is 0.478 e. The van der Waals surface area contributed by atoms with Crippen molar-refractivity contribution in [1.29, 1.82) is 0 Å². The Morgan fingerprint density at radius 2 is 1.57 bits per heavy atom. The summed E-state index contributed by atoms with van der Waals surface area (Å²) in [5, 5.41) is 16.7. The van der Waals surface area contributed by atoms with Gasteiger partial charge in [0.15, 0.2) is 5.78 Å². The van der Waals surface area contributed by atoms with Crippen molar-refractivity contribution in [2.24, 2.45) is 7.05 Å². The van der Waals surface area contributed by atoms with Crippen LogP contribution in [-0.2, 0) is 29.6 Å². The molecule has 4 rings (SSSR count). The minimum absolute atomic E-state index is 0.179. The number of carbonyl (C=O) groups excluding carboxylic acids is 1. The van der Waals surface area contributed by atoms with Crippen molar-refractivity contribution in [3.63, 3.8) is 0 Å². The number of fused-ring (bicyclic) bond motifs is 1. The lowest BCUT2D eigenvalue weighted by Crippen LogP contribution is -2.07. The fraction of sp³-hybridized carbons (Fsp3) is 0.185. The van der Waals surface area contributed by atoms with E-state index in [2.05, 4.69) is 21.7 Å². The molecule has 0 unspecified atom stereocenters. The minimum atomic E-state index is -1.26. The van der Waals surface area contributed by atoms with E-state index in [9.17, 15) is 14.4 Å². The van der Waals surface area contributed by atoms with Crippen LogP contribution in [0.3, 0.4) is 0 Å². The summed E-state index contributed by atoms with van der Waals surface area (Å²) in [4.78, 5) is 36.5. The van der Waals surface area contributed by atoms with Crippen molar-refractivity contribution in [3.05, 3.63) is 102 Å². The molecule has 0 radical (unpaired) electrons. The third kappa shape index (κ3) is 6.77. The molecule has 0 atom stereocenters. The SMILES string of the molecule is Cc1ncn(Cc2ccccc2)c1CCC(=O)c1cn(C)c2ccccc12.O=C(O)/C=C\C(=O)O. The summed E-state index contributed by atoms with van der Waals surface area (Å²) >= 11 is 0. The highest BCUT2D eigenvalue weighted by atomic mass is 16.4. The molecule has 0 saturated heterocycles. The number of rotatable bonds is 8. The summed E-state index contributed by atoms with van der Waals surface area (Å²) in [7, 11) is 1.98. The Labute approximate surface area is 202 Å². The molecule has 2 heterocycles. The molecule has 2 N–H and O–H groups in total. The molecule has 0 bridgehead atoms. The smallest absolute Gasteiger partial charge is 0.328 e. The van der Waals surface area contributed by atoms with Gasteiger partial charge in [-0.05, 0) is 25.0 Å². The van der Waals surface area contributed by atoms with E-state index in [0.717, 1.165) is 34.4 Å². The van der Waals surface area contributed by atoms with Crippen molar-refractivity contribution in [2.45, 2.75) is 26.3 Å². The highest BCUT2D eigenvalue weighted by Crippen LogP contribution is 2.22. The zero-order chi connectivity index (χ0) is 25.4. The molecule has 0 aliphatic carbocycles. The van der Waals surface area contributed by atoms with Gasteiger partial charge in [0.2, 0.25) is 0 Å². The molecule has 2 aromatic heterocycles. The van der Waals surface area contributed by atoms with Gasteiger partial charge in [0.25, 0.3) is 0 Å². The molecular formula is C27H27N3O5. The van der Waals surface area contributed by atoms with Gasteiger partial charge >= 0.3 is 11.9 Å². The van der Waals surface area contributed by atoms with Crippen LogP contribution in [0.2, 0.25) is 0 Å². The maximum Gasteiger partial charge on any atom is 0.328 e. The van der Waals surface area contributed by atoms with Crippen molar-refractivity contribution >= 4 is 28.6 Å². The van der Waals surface area contributed by atoms with Gasteiger partial charge in [-0.2, -0.15) is 0 Å². The van der Waals surface area contributed by atoms with Gasteiger partial charge in [0, 0.05) is 60.5 Å². The number of imidazole rings is 1. The first-order valence-electron chi connectivity index (χ1n) is 11.0. The first kappa shape index (κ1) is 25.2. The third-order valence-corrected chi connectivity index (χ3v) is 5.51. The Kier molecular flexibility index (Phi) is 8.34. The van der Waals surface area contributed by atoms with Gasteiger partial charge in [0.05, 0.1) is 12.0 Å². The van der Waals surface area contributed by atoms with Gasteiger partial charge in [-0.1, -0.05) is 48.5 Å². The molecule has 180 valence electrons. The standard InChI is InChI=1S/C23H23N3O.C4H4O4/c1-17-21(26(16-24-17)14-18-8-4-3-5-9-18)12-13-23(27)20-15-25(2)22-11-7-6-10-19(20)22;5-3(6)1-2-4(7)8/h3-11,15-16H,12-14H2,1-2H3;1-2H,(H,5,6)(H,7,8)/b;2-1-. The first-order chi connectivity index (χ1) is 16.8. The minimum Gasteiger partial charge on any atom is -0.478 e. The van der Waals surface area contributed by atoms with Crippen LogP contribution in [-0.4, -0.2) is 42.1 Å². The molecule has 8 heteroatoms. The number of aromatic nitrogens is 3. The summed E-state index contributed by atoms with van der Waals surface area (Å²) in [6.45, 7) is 2.79. The Morgan fingerprint density at radius 3 is 2.23 bits per heavy atom. The second-order valence-electron chi connectivity index (χ2n) is 7.99. The number of Topliss-reactive ketones (excluding diaryl/α,β-unsaturated/α-hetero) is 1. The quantitative estimate of drug-likeness (QED) is 0.292. The van der Waals surface area contributed by atoms with Crippen LogP contribution in [0.1, 0.15) is 33.7 Å². The van der Waals surface area contributed by atoms with E-state index in [4.69, 9.17) is 10.2 Å². The molecule has 8 nitrogen and oxygen atoms in total. The number of aliphatic carboxylic acids is 2. The summed E-state index contributed by atoms with van der Waals surface area (Å²) in [6.07, 6.45) is 6.11. The highest BCUT2D eigenvalue weighted by molar-refractivity contribution is 6.08. The van der Waals surface area contributed by atoms with Crippen molar-refractivity contribution in [3.8, 4) is 0 Å². The van der Waals surface area contributed by atoms with Crippen LogP contribution in [0, 0.1) is 6.92 Å². The number of para-hydroxylation sites is 1. The van der Waals surface area contributed by atoms with E-state index < -0.39 is 11.9 Å². The number of aryl methyl sites for hydroxylation is 2. The first-order valence-corrected chi connectivity index (χ1v) is 11.0. The molecule has 4 aromatic rings. The van der Waals surface area contributed by atoms with Crippen LogP contribution in [0.5, 0.6) is 0 Å². The van der Waals surface area contributed by atoms with E-state index >= 15 is 0 Å². The number of hydrogen-bond acceptors (Lipinski definition) is 4. The zero-order valence-corrected chi connectivity index (χ0v) is 19.6. The lowest BCUT2D eigenvalue weighted by Gasteiger charge is -2.09. The van der Waals surface area contributed by atoms with E-state index in [1.54, 1.807) is 0 Å². The molecule has 0 aliphatic rings. The van der Waals surface area contributed by atoms with E-state index in [0.29, 0.717) is 25.0 Å². The number of benzene rings is 2. The predicted molar refractivity (Wildman–Crippen MR) is 132 cm³/mol. The van der Waals surface area contributed by atoms with Gasteiger partial charge in [-0.25, -0.2) is 14.6 Å². The lowest BCUT2D eigenvalue weighted by molar-refractivity contribution is -0.134. The second-order valence-corrected chi connectivity index (χ2v) is 7.99.